The molecule has 19 heavy (non-hydrogen) atoms. The Morgan fingerprint density at radius 1 is 1.32 bits per heavy atom. The maximum Gasteiger partial charge on any atom is 0.432 e. The average Bonchev–Trinajstić information content (AvgIpc) is 2.77. The van der Waals surface area contributed by atoms with Crippen molar-refractivity contribution in [2.75, 3.05) is 5.32 Å². The number of nitrogens with one attached hydrogen (secondary N) is 2. The van der Waals surface area contributed by atoms with Crippen molar-refractivity contribution in [2.45, 2.75) is 13.1 Å². The molecule has 0 spiro atoms. The lowest BCUT2D eigenvalue weighted by molar-refractivity contribution is -0.141. The normalized spacial score (nSPS) is 11.4. The number of halogens is 3. The molecule has 2 aromatic rings. The van der Waals surface area contributed by atoms with Crippen molar-refractivity contribution in [1.29, 1.82) is 0 Å². The van der Waals surface area contributed by atoms with E-state index < -0.39 is 17.8 Å². The van der Waals surface area contributed by atoms with Crippen LogP contribution in [0.2, 0.25) is 0 Å². The molecule has 2 rings (SSSR count). The number of aryl methyl sites for hydroxylation is 1. The highest BCUT2D eigenvalue weighted by Crippen LogP contribution is 2.27. The quantitative estimate of drug-likeness (QED) is 0.880. The highest BCUT2D eigenvalue weighted by molar-refractivity contribution is 6.02. The number of carbonyl (C=O) groups excluding carboxylic acids is 1. The van der Waals surface area contributed by atoms with Gasteiger partial charge in [-0.15, -0.1) is 0 Å². The van der Waals surface area contributed by atoms with E-state index in [0.717, 1.165) is 5.56 Å². The monoisotopic (exact) mass is 269 g/mol. The summed E-state index contributed by atoms with van der Waals surface area (Å²) < 4.78 is 37.0. The van der Waals surface area contributed by atoms with E-state index in [-0.39, 0.29) is 5.69 Å². The van der Waals surface area contributed by atoms with E-state index in [0.29, 0.717) is 11.8 Å². The average molecular weight is 269 g/mol. The Labute approximate surface area is 106 Å². The highest BCUT2D eigenvalue weighted by atomic mass is 19.4. The van der Waals surface area contributed by atoms with Crippen molar-refractivity contribution >= 4 is 11.6 Å². The summed E-state index contributed by atoms with van der Waals surface area (Å²) in [5.74, 6) is -0.697. The third kappa shape index (κ3) is 3.12. The Balaban J connectivity index is 2.14. The minimum atomic E-state index is -4.55. The predicted octanol–water partition coefficient (Wildman–Crippen LogP) is 2.99. The van der Waals surface area contributed by atoms with Crippen LogP contribution in [0.4, 0.5) is 18.9 Å². The third-order valence-electron chi connectivity index (χ3n) is 2.39. The van der Waals surface area contributed by atoms with Crippen molar-refractivity contribution in [3.63, 3.8) is 0 Å². The molecule has 7 heteroatoms. The number of rotatable bonds is 2. The summed E-state index contributed by atoms with van der Waals surface area (Å²) in [7, 11) is 0. The van der Waals surface area contributed by atoms with Gasteiger partial charge in [-0.3, -0.25) is 9.89 Å². The van der Waals surface area contributed by atoms with Crippen molar-refractivity contribution in [3.05, 3.63) is 47.3 Å². The first-order valence-corrected chi connectivity index (χ1v) is 5.37. The molecule has 0 saturated heterocycles. The lowest BCUT2D eigenvalue weighted by Crippen LogP contribution is -2.12. The molecule has 4 nitrogen and oxygen atoms in total. The summed E-state index contributed by atoms with van der Waals surface area (Å²) in [6, 6.07) is 7.59. The van der Waals surface area contributed by atoms with E-state index in [1.807, 2.05) is 13.0 Å². The van der Waals surface area contributed by atoms with Crippen LogP contribution in [0.5, 0.6) is 0 Å². The van der Waals surface area contributed by atoms with Crippen LogP contribution in [0.25, 0.3) is 0 Å². The van der Waals surface area contributed by atoms with Crippen molar-refractivity contribution in [2.24, 2.45) is 0 Å². The maximum absolute atomic E-state index is 12.3. The van der Waals surface area contributed by atoms with Gasteiger partial charge in [-0.05, 0) is 24.6 Å². The van der Waals surface area contributed by atoms with E-state index >= 15 is 0 Å². The zero-order chi connectivity index (χ0) is 14.0. The van der Waals surface area contributed by atoms with Gasteiger partial charge in [0.05, 0.1) is 0 Å². The van der Waals surface area contributed by atoms with Crippen LogP contribution in [-0.4, -0.2) is 16.1 Å². The van der Waals surface area contributed by atoms with Gasteiger partial charge in [-0.1, -0.05) is 12.1 Å². The molecule has 100 valence electrons. The minimum absolute atomic E-state index is 0.311. The second kappa shape index (κ2) is 4.75. The van der Waals surface area contributed by atoms with Crippen LogP contribution >= 0.6 is 0 Å². The van der Waals surface area contributed by atoms with E-state index in [1.165, 1.54) is 0 Å². The van der Waals surface area contributed by atoms with E-state index in [4.69, 9.17) is 0 Å². The largest absolute Gasteiger partial charge is 0.432 e. The van der Waals surface area contributed by atoms with Gasteiger partial charge < -0.3 is 5.32 Å². The Morgan fingerprint density at radius 2 is 2.05 bits per heavy atom. The molecule has 1 amide bonds. The molecule has 0 radical (unpaired) electrons. The summed E-state index contributed by atoms with van der Waals surface area (Å²) in [5, 5.41) is 7.61. The first-order chi connectivity index (χ1) is 8.86. The van der Waals surface area contributed by atoms with Crippen LogP contribution in [-0.2, 0) is 6.18 Å². The number of H-pyrrole nitrogens is 1. The summed E-state index contributed by atoms with van der Waals surface area (Å²) >= 11 is 0. The molecule has 0 aliphatic rings. The van der Waals surface area contributed by atoms with Crippen molar-refractivity contribution in [3.8, 4) is 0 Å². The molecule has 1 heterocycles. The van der Waals surface area contributed by atoms with E-state index in [1.54, 1.807) is 23.3 Å². The van der Waals surface area contributed by atoms with Gasteiger partial charge in [-0.2, -0.15) is 18.3 Å². The SMILES string of the molecule is Cc1cccc(NC(=O)c2cc(C(F)(F)F)[nH]n2)c1. The van der Waals surface area contributed by atoms with E-state index in [9.17, 15) is 18.0 Å². The van der Waals surface area contributed by atoms with E-state index in [2.05, 4.69) is 10.4 Å². The van der Waals surface area contributed by atoms with Crippen LogP contribution in [0.1, 0.15) is 21.7 Å². The maximum atomic E-state index is 12.3. The van der Waals surface area contributed by atoms with Gasteiger partial charge in [0.15, 0.2) is 5.69 Å². The Kier molecular flexibility index (Phi) is 3.28. The lowest BCUT2D eigenvalue weighted by Gasteiger charge is -2.03. The number of amides is 1. The minimum Gasteiger partial charge on any atom is -0.321 e. The summed E-state index contributed by atoms with van der Waals surface area (Å²) in [5.41, 5.74) is 0.0630. The number of carbonyl (C=O) groups is 1. The fraction of sp³-hybridized carbons (Fsp3) is 0.167. The Hall–Kier alpha value is -2.31. The third-order valence-corrected chi connectivity index (χ3v) is 2.39. The molecule has 0 atom stereocenters. The molecule has 1 aromatic heterocycles. The van der Waals surface area contributed by atoms with Gasteiger partial charge >= 0.3 is 6.18 Å². The number of hydrogen-bond donors (Lipinski definition) is 2. The number of hydrogen-bond acceptors (Lipinski definition) is 2. The molecule has 0 aliphatic carbocycles. The molecular formula is C12H10F3N3O. The summed E-state index contributed by atoms with van der Waals surface area (Å²) in [4.78, 5) is 11.7. The number of alkyl halides is 3. The molecule has 0 saturated carbocycles. The molecule has 0 bridgehead atoms. The van der Waals surface area contributed by atoms with Crippen LogP contribution in [0.3, 0.4) is 0 Å². The number of nitrogens with zero attached hydrogens (tertiary/aromatic N) is 1. The topological polar surface area (TPSA) is 57.8 Å². The molecule has 0 fully saturated rings. The van der Waals surface area contributed by atoms with Crippen molar-refractivity contribution in [1.82, 2.24) is 10.2 Å². The second-order valence-electron chi connectivity index (χ2n) is 3.99. The fourth-order valence-corrected chi connectivity index (χ4v) is 1.50. The van der Waals surface area contributed by atoms with Crippen LogP contribution in [0.15, 0.2) is 30.3 Å². The molecule has 1 aromatic carbocycles. The van der Waals surface area contributed by atoms with Gasteiger partial charge in [0, 0.05) is 11.8 Å². The van der Waals surface area contributed by atoms with Crippen LogP contribution in [0, 0.1) is 6.92 Å². The number of aromatic amines is 1. The predicted molar refractivity (Wildman–Crippen MR) is 62.7 cm³/mol. The highest BCUT2D eigenvalue weighted by Gasteiger charge is 2.33. The fourth-order valence-electron chi connectivity index (χ4n) is 1.50. The zero-order valence-corrected chi connectivity index (χ0v) is 9.88. The first kappa shape index (κ1) is 13.1. The zero-order valence-electron chi connectivity index (χ0n) is 9.88. The molecule has 2 N–H and O–H groups in total. The van der Waals surface area contributed by atoms with Crippen LogP contribution < -0.4 is 5.32 Å². The molecular weight excluding hydrogens is 259 g/mol. The standard InChI is InChI=1S/C12H10F3N3O/c1-7-3-2-4-8(5-7)16-11(19)9-6-10(18-17-9)12(13,14)15/h2-6H,1H3,(H,16,19)(H,17,18). The first-order valence-electron chi connectivity index (χ1n) is 5.37. The Bertz CT molecular complexity index is 604. The van der Waals surface area contributed by atoms with Gasteiger partial charge in [0.2, 0.25) is 0 Å². The summed E-state index contributed by atoms with van der Waals surface area (Å²) in [6.45, 7) is 1.84. The van der Waals surface area contributed by atoms with Gasteiger partial charge in [0.25, 0.3) is 5.91 Å². The van der Waals surface area contributed by atoms with Gasteiger partial charge in [-0.25, -0.2) is 0 Å². The smallest absolute Gasteiger partial charge is 0.321 e. The number of aromatic nitrogens is 2. The number of anilines is 1. The number of benzene rings is 1. The lowest BCUT2D eigenvalue weighted by atomic mass is 10.2. The van der Waals surface area contributed by atoms with Gasteiger partial charge in [0.1, 0.15) is 5.69 Å². The Morgan fingerprint density at radius 3 is 2.63 bits per heavy atom. The van der Waals surface area contributed by atoms with Crippen molar-refractivity contribution < 1.29 is 18.0 Å². The molecule has 0 aliphatic heterocycles. The summed E-state index contributed by atoms with van der Waals surface area (Å²) in [6.07, 6.45) is -4.55. The second-order valence-corrected chi connectivity index (χ2v) is 3.99. The molecule has 0 unspecified atom stereocenters.